The van der Waals surface area contributed by atoms with Crippen LogP contribution in [0, 0.1) is 0 Å². The molecule has 2 amide bonds. The van der Waals surface area contributed by atoms with Crippen LogP contribution in [0.2, 0.25) is 0 Å². The molecule has 6 nitrogen and oxygen atoms in total. The maximum absolute atomic E-state index is 11.7. The highest BCUT2D eigenvalue weighted by molar-refractivity contribution is 6.35. The Balaban J connectivity index is 1.80. The molecule has 0 aromatic heterocycles. The SMILES string of the molecule is CC(C)OCCCNC(=O)C(=O)N/N=C\c1cccc2ccccc12. The molecule has 0 saturated heterocycles. The zero-order valence-electron chi connectivity index (χ0n) is 14.5. The summed E-state index contributed by atoms with van der Waals surface area (Å²) in [5.74, 6) is -1.50. The summed E-state index contributed by atoms with van der Waals surface area (Å²) in [6, 6.07) is 13.7. The molecule has 0 heterocycles. The Morgan fingerprint density at radius 1 is 1.12 bits per heavy atom. The van der Waals surface area contributed by atoms with E-state index in [9.17, 15) is 9.59 Å². The zero-order chi connectivity index (χ0) is 18.1. The molecule has 0 spiro atoms. The molecule has 2 aromatic carbocycles. The normalized spacial score (nSPS) is 11.2. The van der Waals surface area contributed by atoms with Gasteiger partial charge in [0.2, 0.25) is 0 Å². The maximum Gasteiger partial charge on any atom is 0.329 e. The first-order chi connectivity index (χ1) is 12.1. The first-order valence-electron chi connectivity index (χ1n) is 8.28. The summed E-state index contributed by atoms with van der Waals surface area (Å²) < 4.78 is 5.36. The van der Waals surface area contributed by atoms with Gasteiger partial charge in [0.05, 0.1) is 12.3 Å². The molecule has 0 atom stereocenters. The lowest BCUT2D eigenvalue weighted by atomic mass is 10.1. The van der Waals surface area contributed by atoms with Gasteiger partial charge < -0.3 is 10.1 Å². The summed E-state index contributed by atoms with van der Waals surface area (Å²) in [6.07, 6.45) is 2.34. The average molecular weight is 341 g/mol. The van der Waals surface area contributed by atoms with Crippen molar-refractivity contribution in [1.82, 2.24) is 10.7 Å². The number of carbonyl (C=O) groups is 2. The molecule has 0 aliphatic carbocycles. The summed E-state index contributed by atoms with van der Waals surface area (Å²) in [5.41, 5.74) is 3.11. The number of hydrazone groups is 1. The van der Waals surface area contributed by atoms with Crippen LogP contribution in [0.25, 0.3) is 10.8 Å². The Morgan fingerprint density at radius 2 is 1.88 bits per heavy atom. The minimum Gasteiger partial charge on any atom is -0.379 e. The second-order valence-electron chi connectivity index (χ2n) is 5.80. The van der Waals surface area contributed by atoms with Gasteiger partial charge in [0.25, 0.3) is 0 Å². The van der Waals surface area contributed by atoms with Crippen molar-refractivity contribution in [3.05, 3.63) is 48.0 Å². The number of carbonyl (C=O) groups excluding carboxylic acids is 2. The van der Waals surface area contributed by atoms with Gasteiger partial charge in [0, 0.05) is 18.7 Å². The second-order valence-corrected chi connectivity index (χ2v) is 5.80. The molecule has 25 heavy (non-hydrogen) atoms. The van der Waals surface area contributed by atoms with Crippen molar-refractivity contribution in [2.75, 3.05) is 13.2 Å². The van der Waals surface area contributed by atoms with Crippen LogP contribution in [0.1, 0.15) is 25.8 Å². The minimum atomic E-state index is -0.790. The minimum absolute atomic E-state index is 0.155. The standard InChI is InChI=1S/C19H23N3O3/c1-14(2)25-12-6-11-20-18(23)19(24)22-21-13-16-9-5-8-15-7-3-4-10-17(15)16/h3-5,7-10,13-14H,6,11-12H2,1-2H3,(H,20,23)(H,22,24)/b21-13-. The van der Waals surface area contributed by atoms with Gasteiger partial charge in [-0.05, 0) is 31.0 Å². The van der Waals surface area contributed by atoms with Crippen LogP contribution in [0.15, 0.2) is 47.6 Å². The van der Waals surface area contributed by atoms with Crippen molar-refractivity contribution in [3.63, 3.8) is 0 Å². The molecule has 0 bridgehead atoms. The van der Waals surface area contributed by atoms with E-state index < -0.39 is 11.8 Å². The maximum atomic E-state index is 11.7. The van der Waals surface area contributed by atoms with E-state index in [2.05, 4.69) is 15.8 Å². The van der Waals surface area contributed by atoms with Gasteiger partial charge in [-0.2, -0.15) is 5.10 Å². The van der Waals surface area contributed by atoms with E-state index in [1.165, 1.54) is 6.21 Å². The molecule has 2 N–H and O–H groups in total. The van der Waals surface area contributed by atoms with Crippen molar-refractivity contribution in [2.45, 2.75) is 26.4 Å². The quantitative estimate of drug-likeness (QED) is 0.351. The van der Waals surface area contributed by atoms with Crippen LogP contribution >= 0.6 is 0 Å². The third-order valence-electron chi connectivity index (χ3n) is 3.46. The van der Waals surface area contributed by atoms with E-state index >= 15 is 0 Å². The van der Waals surface area contributed by atoms with E-state index in [4.69, 9.17) is 4.74 Å². The van der Waals surface area contributed by atoms with Crippen LogP contribution in [0.3, 0.4) is 0 Å². The molecule has 132 valence electrons. The van der Waals surface area contributed by atoms with Crippen LogP contribution in [0.4, 0.5) is 0 Å². The van der Waals surface area contributed by atoms with Gasteiger partial charge in [-0.3, -0.25) is 9.59 Å². The number of hydrogen-bond acceptors (Lipinski definition) is 4. The lowest BCUT2D eigenvalue weighted by Crippen LogP contribution is -2.38. The van der Waals surface area contributed by atoms with Gasteiger partial charge in [0.15, 0.2) is 0 Å². The van der Waals surface area contributed by atoms with Gasteiger partial charge in [0.1, 0.15) is 0 Å². The smallest absolute Gasteiger partial charge is 0.329 e. The number of fused-ring (bicyclic) bond motifs is 1. The molecular weight excluding hydrogens is 318 g/mol. The Bertz CT molecular complexity index is 751. The Labute approximate surface area is 147 Å². The molecule has 0 aliphatic rings. The summed E-state index contributed by atoms with van der Waals surface area (Å²) in [4.78, 5) is 23.4. The molecule has 2 aromatic rings. The Hall–Kier alpha value is -2.73. The van der Waals surface area contributed by atoms with Crippen molar-refractivity contribution < 1.29 is 14.3 Å². The Morgan fingerprint density at radius 3 is 2.68 bits per heavy atom. The number of benzene rings is 2. The van der Waals surface area contributed by atoms with Crippen molar-refractivity contribution in [2.24, 2.45) is 5.10 Å². The average Bonchev–Trinajstić information content (AvgIpc) is 2.61. The summed E-state index contributed by atoms with van der Waals surface area (Å²) in [7, 11) is 0. The molecule has 0 saturated carbocycles. The topological polar surface area (TPSA) is 79.8 Å². The number of nitrogens with zero attached hydrogens (tertiary/aromatic N) is 1. The first kappa shape index (κ1) is 18.6. The van der Waals surface area contributed by atoms with E-state index in [0.29, 0.717) is 19.6 Å². The predicted octanol–water partition coefficient (Wildman–Crippen LogP) is 2.22. The van der Waals surface area contributed by atoms with Crippen LogP contribution < -0.4 is 10.7 Å². The summed E-state index contributed by atoms with van der Waals surface area (Å²) in [5, 5.41) is 8.51. The van der Waals surface area contributed by atoms with Gasteiger partial charge in [-0.15, -0.1) is 0 Å². The highest BCUT2D eigenvalue weighted by Crippen LogP contribution is 2.16. The molecular formula is C19H23N3O3. The van der Waals surface area contributed by atoms with E-state index in [0.717, 1.165) is 16.3 Å². The molecule has 2 rings (SSSR count). The predicted molar refractivity (Wildman–Crippen MR) is 98.4 cm³/mol. The summed E-state index contributed by atoms with van der Waals surface area (Å²) >= 11 is 0. The van der Waals surface area contributed by atoms with Crippen LogP contribution in [-0.4, -0.2) is 37.3 Å². The lowest BCUT2D eigenvalue weighted by Gasteiger charge is -2.07. The number of amides is 2. The second kappa shape index (κ2) is 9.54. The van der Waals surface area contributed by atoms with Crippen molar-refractivity contribution in [1.29, 1.82) is 0 Å². The molecule has 6 heteroatoms. The number of hydrogen-bond donors (Lipinski definition) is 2. The van der Waals surface area contributed by atoms with E-state index in [-0.39, 0.29) is 6.10 Å². The third kappa shape index (κ3) is 6.00. The van der Waals surface area contributed by atoms with Crippen molar-refractivity contribution in [3.8, 4) is 0 Å². The highest BCUT2D eigenvalue weighted by atomic mass is 16.5. The van der Waals surface area contributed by atoms with Gasteiger partial charge in [-0.1, -0.05) is 42.5 Å². The first-order valence-corrected chi connectivity index (χ1v) is 8.28. The number of ether oxygens (including phenoxy) is 1. The van der Waals surface area contributed by atoms with Gasteiger partial charge in [-0.25, -0.2) is 5.43 Å². The number of nitrogens with one attached hydrogen (secondary N) is 2. The van der Waals surface area contributed by atoms with Crippen LogP contribution in [0.5, 0.6) is 0 Å². The Kier molecular flexibility index (Phi) is 7.10. The van der Waals surface area contributed by atoms with Gasteiger partial charge >= 0.3 is 11.8 Å². The number of rotatable bonds is 7. The van der Waals surface area contributed by atoms with Crippen LogP contribution in [-0.2, 0) is 14.3 Å². The zero-order valence-corrected chi connectivity index (χ0v) is 14.5. The molecule has 0 fully saturated rings. The molecule has 0 unspecified atom stereocenters. The summed E-state index contributed by atoms with van der Waals surface area (Å²) in [6.45, 7) is 4.81. The molecule has 0 radical (unpaired) electrons. The monoisotopic (exact) mass is 341 g/mol. The third-order valence-corrected chi connectivity index (χ3v) is 3.46. The highest BCUT2D eigenvalue weighted by Gasteiger charge is 2.11. The molecule has 0 aliphatic heterocycles. The largest absolute Gasteiger partial charge is 0.379 e. The van der Waals surface area contributed by atoms with Crippen molar-refractivity contribution >= 4 is 28.8 Å². The fourth-order valence-electron chi connectivity index (χ4n) is 2.25. The lowest BCUT2D eigenvalue weighted by molar-refractivity contribution is -0.139. The van der Waals surface area contributed by atoms with E-state index in [1.807, 2.05) is 56.3 Å². The fourth-order valence-corrected chi connectivity index (χ4v) is 2.25. The fraction of sp³-hybridized carbons (Fsp3) is 0.316. The van der Waals surface area contributed by atoms with E-state index in [1.54, 1.807) is 0 Å².